The van der Waals surface area contributed by atoms with Crippen LogP contribution in [-0.4, -0.2) is 46.4 Å². The third-order valence-corrected chi connectivity index (χ3v) is 6.23. The molecule has 2 rings (SSSR count). The van der Waals surface area contributed by atoms with E-state index in [9.17, 15) is 8.42 Å². The molecule has 7 nitrogen and oxygen atoms in total. The monoisotopic (exact) mass is 561 g/mol. The molecule has 2 N–H and O–H groups in total. The standard InChI is InChI=1S/C22H31N3O4S.HI/c1-5-17(16-30(26,27)19-11-9-8-10-12-19)24-22(23-6-2)25-18-13-14-20(29-7-3)21(15-18)28-4;/h8-15,17H,5-7,16H2,1-4H3,(H2,23,24,25);1H. The number of halogens is 1. The zero-order valence-corrected chi connectivity index (χ0v) is 21.6. The summed E-state index contributed by atoms with van der Waals surface area (Å²) < 4.78 is 36.4. The van der Waals surface area contributed by atoms with Crippen LogP contribution in [0.3, 0.4) is 0 Å². The van der Waals surface area contributed by atoms with E-state index < -0.39 is 9.84 Å². The fraction of sp³-hybridized carbons (Fsp3) is 0.409. The molecule has 2 aromatic rings. The van der Waals surface area contributed by atoms with Crippen molar-refractivity contribution in [2.45, 2.75) is 38.1 Å². The Morgan fingerprint density at radius 2 is 1.77 bits per heavy atom. The maximum Gasteiger partial charge on any atom is 0.196 e. The van der Waals surface area contributed by atoms with Crippen molar-refractivity contribution < 1.29 is 17.9 Å². The van der Waals surface area contributed by atoms with E-state index in [2.05, 4.69) is 15.6 Å². The van der Waals surface area contributed by atoms with E-state index in [1.807, 2.05) is 39.0 Å². The summed E-state index contributed by atoms with van der Waals surface area (Å²) in [7, 11) is -1.82. The molecule has 0 radical (unpaired) electrons. The third-order valence-electron chi connectivity index (χ3n) is 4.40. The highest BCUT2D eigenvalue weighted by atomic mass is 127. The normalized spacial score (nSPS) is 12.5. The van der Waals surface area contributed by atoms with Crippen LogP contribution in [0.15, 0.2) is 58.4 Å². The van der Waals surface area contributed by atoms with Crippen LogP contribution in [0.2, 0.25) is 0 Å². The first kappa shape index (κ1) is 27.0. The topological polar surface area (TPSA) is 89.0 Å². The number of nitrogens with one attached hydrogen (secondary N) is 2. The second-order valence-corrected chi connectivity index (χ2v) is 8.62. The van der Waals surface area contributed by atoms with Crippen molar-refractivity contribution in [3.63, 3.8) is 0 Å². The van der Waals surface area contributed by atoms with E-state index in [1.165, 1.54) is 0 Å². The number of hydrogen-bond acceptors (Lipinski definition) is 5. The van der Waals surface area contributed by atoms with Gasteiger partial charge in [0.25, 0.3) is 0 Å². The molecule has 1 unspecified atom stereocenters. The van der Waals surface area contributed by atoms with Gasteiger partial charge in [0.05, 0.1) is 24.4 Å². The Morgan fingerprint density at radius 1 is 1.06 bits per heavy atom. The van der Waals surface area contributed by atoms with E-state index >= 15 is 0 Å². The van der Waals surface area contributed by atoms with Gasteiger partial charge >= 0.3 is 0 Å². The van der Waals surface area contributed by atoms with Crippen molar-refractivity contribution in [3.05, 3.63) is 48.5 Å². The van der Waals surface area contributed by atoms with Gasteiger partial charge in [0.1, 0.15) is 0 Å². The highest BCUT2D eigenvalue weighted by Crippen LogP contribution is 2.30. The molecule has 0 aliphatic heterocycles. The molecule has 9 heteroatoms. The number of anilines is 1. The first-order valence-electron chi connectivity index (χ1n) is 10.1. The summed E-state index contributed by atoms with van der Waals surface area (Å²) in [4.78, 5) is 4.77. The van der Waals surface area contributed by atoms with Crippen LogP contribution in [0.25, 0.3) is 0 Å². The lowest BCUT2D eigenvalue weighted by Crippen LogP contribution is -2.42. The Bertz CT molecular complexity index is 937. The third kappa shape index (κ3) is 8.21. The van der Waals surface area contributed by atoms with Crippen molar-refractivity contribution in [1.29, 1.82) is 0 Å². The van der Waals surface area contributed by atoms with Gasteiger partial charge < -0.3 is 20.1 Å². The molecule has 0 saturated carbocycles. The Hall–Kier alpha value is -2.01. The van der Waals surface area contributed by atoms with Crippen LogP contribution in [0.5, 0.6) is 11.5 Å². The molecular weight excluding hydrogens is 529 g/mol. The van der Waals surface area contributed by atoms with E-state index in [-0.39, 0.29) is 35.8 Å². The summed E-state index contributed by atoms with van der Waals surface area (Å²) in [5.41, 5.74) is 0.760. The van der Waals surface area contributed by atoms with Crippen molar-refractivity contribution in [1.82, 2.24) is 5.32 Å². The van der Waals surface area contributed by atoms with Crippen LogP contribution in [-0.2, 0) is 9.84 Å². The molecule has 0 fully saturated rings. The minimum Gasteiger partial charge on any atom is -0.493 e. The molecule has 2 aromatic carbocycles. The molecule has 1 atom stereocenters. The first-order valence-corrected chi connectivity index (χ1v) is 11.7. The average Bonchev–Trinajstić information content (AvgIpc) is 2.75. The van der Waals surface area contributed by atoms with Gasteiger partial charge in [-0.15, -0.1) is 24.0 Å². The van der Waals surface area contributed by atoms with Gasteiger partial charge in [0.2, 0.25) is 0 Å². The van der Waals surface area contributed by atoms with Crippen molar-refractivity contribution in [3.8, 4) is 11.5 Å². The van der Waals surface area contributed by atoms with Crippen molar-refractivity contribution >= 4 is 45.5 Å². The Balaban J connectivity index is 0.00000480. The first-order chi connectivity index (χ1) is 14.4. The highest BCUT2D eigenvalue weighted by molar-refractivity contribution is 14.0. The van der Waals surface area contributed by atoms with Crippen LogP contribution in [0.1, 0.15) is 27.2 Å². The lowest BCUT2D eigenvalue weighted by molar-refractivity contribution is 0.311. The lowest BCUT2D eigenvalue weighted by atomic mass is 10.2. The summed E-state index contributed by atoms with van der Waals surface area (Å²) in [6, 6.07) is 13.7. The van der Waals surface area contributed by atoms with Gasteiger partial charge in [-0.25, -0.2) is 8.42 Å². The SMILES string of the molecule is CCN=C(Nc1ccc(OCC)c(OC)c1)NC(CC)CS(=O)(=O)c1ccccc1.I. The molecule has 0 aliphatic carbocycles. The van der Waals surface area contributed by atoms with Gasteiger partial charge in [-0.3, -0.25) is 4.99 Å². The fourth-order valence-corrected chi connectivity index (χ4v) is 4.49. The number of rotatable bonds is 10. The number of sulfone groups is 1. The summed E-state index contributed by atoms with van der Waals surface area (Å²) >= 11 is 0. The lowest BCUT2D eigenvalue weighted by Gasteiger charge is -2.21. The van der Waals surface area contributed by atoms with E-state index in [0.29, 0.717) is 41.9 Å². The summed E-state index contributed by atoms with van der Waals surface area (Å²) in [6.45, 7) is 6.87. The van der Waals surface area contributed by atoms with Gasteiger partial charge in [0, 0.05) is 24.3 Å². The molecule has 0 saturated heterocycles. The maximum absolute atomic E-state index is 12.8. The van der Waals surface area contributed by atoms with Crippen molar-refractivity contribution in [2.24, 2.45) is 4.99 Å². The molecule has 0 heterocycles. The summed E-state index contributed by atoms with van der Waals surface area (Å²) in [5, 5.41) is 6.47. The minimum atomic E-state index is -3.41. The fourth-order valence-electron chi connectivity index (χ4n) is 2.88. The number of nitrogens with zero attached hydrogens (tertiary/aromatic N) is 1. The van der Waals surface area contributed by atoms with Crippen LogP contribution < -0.4 is 20.1 Å². The minimum absolute atomic E-state index is 0. The van der Waals surface area contributed by atoms with Crippen LogP contribution in [0.4, 0.5) is 5.69 Å². The zero-order chi connectivity index (χ0) is 22.0. The smallest absolute Gasteiger partial charge is 0.196 e. The predicted octanol–water partition coefficient (Wildman–Crippen LogP) is 4.34. The van der Waals surface area contributed by atoms with Crippen LogP contribution in [0, 0.1) is 0 Å². The summed E-state index contributed by atoms with van der Waals surface area (Å²) in [6.07, 6.45) is 0.628. The van der Waals surface area contributed by atoms with Gasteiger partial charge in [-0.2, -0.15) is 0 Å². The number of ether oxygens (including phenoxy) is 2. The van der Waals surface area contributed by atoms with Gasteiger partial charge in [0.15, 0.2) is 27.3 Å². The zero-order valence-electron chi connectivity index (χ0n) is 18.4. The number of guanidine groups is 1. The molecule has 0 spiro atoms. The molecule has 0 aliphatic rings. The van der Waals surface area contributed by atoms with Crippen LogP contribution >= 0.6 is 24.0 Å². The number of methoxy groups -OCH3 is 1. The highest BCUT2D eigenvalue weighted by Gasteiger charge is 2.21. The van der Waals surface area contributed by atoms with Gasteiger partial charge in [-0.1, -0.05) is 25.1 Å². The Kier molecular flexibility index (Phi) is 11.7. The molecule has 0 bridgehead atoms. The Morgan fingerprint density at radius 3 is 2.35 bits per heavy atom. The van der Waals surface area contributed by atoms with E-state index in [0.717, 1.165) is 5.69 Å². The summed E-state index contributed by atoms with van der Waals surface area (Å²) in [5.74, 6) is 1.76. The quantitative estimate of drug-likeness (QED) is 0.255. The number of aliphatic imine (C=N–C) groups is 1. The predicted molar refractivity (Wildman–Crippen MR) is 137 cm³/mol. The largest absolute Gasteiger partial charge is 0.493 e. The van der Waals surface area contributed by atoms with Crippen molar-refractivity contribution in [2.75, 3.05) is 31.3 Å². The maximum atomic E-state index is 12.8. The average molecular weight is 561 g/mol. The Labute approximate surface area is 202 Å². The molecule has 0 amide bonds. The molecule has 31 heavy (non-hydrogen) atoms. The number of benzene rings is 2. The molecule has 172 valence electrons. The second kappa shape index (κ2) is 13.4. The molecular formula is C22H32IN3O4S. The number of hydrogen-bond donors (Lipinski definition) is 2. The molecule has 0 aromatic heterocycles. The second-order valence-electron chi connectivity index (χ2n) is 6.59. The van der Waals surface area contributed by atoms with E-state index in [1.54, 1.807) is 37.4 Å². The van der Waals surface area contributed by atoms with E-state index in [4.69, 9.17) is 9.47 Å². The van der Waals surface area contributed by atoms with Gasteiger partial charge in [-0.05, 0) is 44.5 Å².